The Hall–Kier alpha value is -4.48. The smallest absolute Gasteiger partial charge is 0.295 e. The van der Waals surface area contributed by atoms with Crippen molar-refractivity contribution in [2.75, 3.05) is 5.32 Å². The fraction of sp³-hybridized carbons (Fsp3) is 0. The monoisotopic (exact) mass is 440 g/mol. The number of hydrogen-bond acceptors (Lipinski definition) is 6. The first-order chi connectivity index (χ1) is 15.6. The lowest BCUT2D eigenvalue weighted by Gasteiger charge is -2.13. The molecule has 0 saturated carbocycles. The summed E-state index contributed by atoms with van der Waals surface area (Å²) in [7, 11) is 0. The van der Waals surface area contributed by atoms with Crippen LogP contribution in [0.1, 0.15) is 22.3 Å². The van der Waals surface area contributed by atoms with Crippen LogP contribution in [0.15, 0.2) is 72.0 Å². The fourth-order valence-electron chi connectivity index (χ4n) is 3.74. The molecular formula is C23H13ClN6O2. The number of aromatic nitrogens is 2. The van der Waals surface area contributed by atoms with Crippen molar-refractivity contribution in [1.29, 1.82) is 5.26 Å². The van der Waals surface area contributed by atoms with Gasteiger partial charge in [-0.05, 0) is 12.1 Å². The van der Waals surface area contributed by atoms with Gasteiger partial charge in [-0.15, -0.1) is 0 Å². The van der Waals surface area contributed by atoms with Gasteiger partial charge in [0, 0.05) is 34.0 Å². The number of benzene rings is 3. The molecule has 32 heavy (non-hydrogen) atoms. The SMILES string of the molecule is N#Cc1ccccc1C1=CNc2c(cc([N+](=O)[O-])c3[nH]ncc23)C(c2ccccc2Cl)=N1. The molecule has 0 atom stereocenters. The van der Waals surface area contributed by atoms with Crippen molar-refractivity contribution < 1.29 is 4.92 Å². The Bertz CT molecular complexity index is 1510. The van der Waals surface area contributed by atoms with Crippen LogP contribution in [0.5, 0.6) is 0 Å². The predicted octanol–water partition coefficient (Wildman–Crippen LogP) is 5.26. The average Bonchev–Trinajstić information content (AvgIpc) is 3.21. The average molecular weight is 441 g/mol. The number of nitrogens with one attached hydrogen (secondary N) is 2. The van der Waals surface area contributed by atoms with Gasteiger partial charge in [-0.1, -0.05) is 48.0 Å². The van der Waals surface area contributed by atoms with Gasteiger partial charge in [-0.25, -0.2) is 4.99 Å². The number of fused-ring (bicyclic) bond motifs is 3. The van der Waals surface area contributed by atoms with Gasteiger partial charge in [0.2, 0.25) is 0 Å². The summed E-state index contributed by atoms with van der Waals surface area (Å²) in [5, 5.41) is 32.3. The molecule has 0 radical (unpaired) electrons. The standard InChI is InChI=1S/C23H13ClN6O2/c24-18-8-4-3-7-15(18)22-16-9-20(30(31)32)23-17(11-27-29-23)21(16)26-12-19(28-22)14-6-2-1-5-13(14)10-25/h1-9,11-12,26H,(H,27,29). The maximum absolute atomic E-state index is 11.8. The van der Waals surface area contributed by atoms with E-state index in [4.69, 9.17) is 16.6 Å². The van der Waals surface area contributed by atoms with Gasteiger partial charge in [-0.3, -0.25) is 15.2 Å². The van der Waals surface area contributed by atoms with E-state index < -0.39 is 4.92 Å². The summed E-state index contributed by atoms with van der Waals surface area (Å²) < 4.78 is 0. The third-order valence-corrected chi connectivity index (χ3v) is 5.53. The molecule has 2 heterocycles. The fourth-order valence-corrected chi connectivity index (χ4v) is 3.96. The number of anilines is 1. The van der Waals surface area contributed by atoms with Crippen molar-refractivity contribution in [3.05, 3.63) is 104 Å². The molecule has 9 heteroatoms. The van der Waals surface area contributed by atoms with E-state index in [0.717, 1.165) is 0 Å². The summed E-state index contributed by atoms with van der Waals surface area (Å²) >= 11 is 6.50. The van der Waals surface area contributed by atoms with E-state index in [0.29, 0.717) is 55.3 Å². The molecule has 0 amide bonds. The minimum Gasteiger partial charge on any atom is -0.359 e. The molecule has 154 valence electrons. The van der Waals surface area contributed by atoms with Crippen LogP contribution in [0.4, 0.5) is 11.4 Å². The maximum atomic E-state index is 11.8. The number of aromatic amines is 1. The van der Waals surface area contributed by atoms with Gasteiger partial charge in [0.15, 0.2) is 0 Å². The van der Waals surface area contributed by atoms with E-state index in [1.165, 1.54) is 12.3 Å². The van der Waals surface area contributed by atoms with Crippen molar-refractivity contribution in [3.8, 4) is 6.07 Å². The molecule has 0 bridgehead atoms. The van der Waals surface area contributed by atoms with Gasteiger partial charge in [0.25, 0.3) is 5.69 Å². The molecule has 0 saturated heterocycles. The van der Waals surface area contributed by atoms with Crippen LogP contribution in [-0.4, -0.2) is 20.8 Å². The van der Waals surface area contributed by atoms with Crippen LogP contribution >= 0.6 is 11.6 Å². The van der Waals surface area contributed by atoms with E-state index in [2.05, 4.69) is 21.6 Å². The molecule has 3 aromatic carbocycles. The Kier molecular flexibility index (Phi) is 4.66. The Morgan fingerprint density at radius 1 is 1.06 bits per heavy atom. The van der Waals surface area contributed by atoms with Crippen molar-refractivity contribution in [3.63, 3.8) is 0 Å². The van der Waals surface area contributed by atoms with Gasteiger partial charge in [-0.2, -0.15) is 10.4 Å². The molecule has 4 aromatic rings. The van der Waals surface area contributed by atoms with Crippen molar-refractivity contribution in [1.82, 2.24) is 10.2 Å². The highest BCUT2D eigenvalue weighted by Gasteiger charge is 2.26. The van der Waals surface area contributed by atoms with Crippen LogP contribution in [0.3, 0.4) is 0 Å². The summed E-state index contributed by atoms with van der Waals surface area (Å²) in [6.07, 6.45) is 3.21. The van der Waals surface area contributed by atoms with Crippen LogP contribution in [0.25, 0.3) is 16.6 Å². The molecule has 0 spiro atoms. The molecule has 1 aromatic heterocycles. The third-order valence-electron chi connectivity index (χ3n) is 5.20. The lowest BCUT2D eigenvalue weighted by atomic mass is 9.97. The normalized spacial score (nSPS) is 12.8. The third kappa shape index (κ3) is 3.09. The highest BCUT2D eigenvalue weighted by atomic mass is 35.5. The quantitative estimate of drug-likeness (QED) is 0.332. The minimum atomic E-state index is -0.463. The number of rotatable bonds is 3. The lowest BCUT2D eigenvalue weighted by molar-refractivity contribution is -0.383. The molecule has 0 aliphatic carbocycles. The summed E-state index contributed by atoms with van der Waals surface area (Å²) in [4.78, 5) is 16.2. The number of aliphatic imine (C=N–C) groups is 1. The van der Waals surface area contributed by atoms with Crippen LogP contribution in [-0.2, 0) is 0 Å². The van der Waals surface area contributed by atoms with Crippen LogP contribution in [0.2, 0.25) is 5.02 Å². The Balaban J connectivity index is 1.86. The largest absolute Gasteiger partial charge is 0.359 e. The first kappa shape index (κ1) is 19.5. The summed E-state index contributed by atoms with van der Waals surface area (Å²) in [6.45, 7) is 0. The second-order valence-electron chi connectivity index (χ2n) is 7.01. The number of halogens is 1. The molecule has 2 N–H and O–H groups in total. The Morgan fingerprint density at radius 3 is 2.56 bits per heavy atom. The van der Waals surface area contributed by atoms with Gasteiger partial charge < -0.3 is 5.32 Å². The molecule has 1 aliphatic rings. The van der Waals surface area contributed by atoms with Gasteiger partial charge >= 0.3 is 0 Å². The minimum absolute atomic E-state index is 0.126. The second-order valence-corrected chi connectivity index (χ2v) is 7.41. The topological polar surface area (TPSA) is 120 Å². The number of H-pyrrole nitrogens is 1. The first-order valence-corrected chi connectivity index (χ1v) is 9.91. The number of nitro groups is 1. The number of nitrogens with zero attached hydrogens (tertiary/aromatic N) is 4. The highest BCUT2D eigenvalue weighted by Crippen LogP contribution is 2.38. The van der Waals surface area contributed by atoms with Crippen molar-refractivity contribution >= 4 is 45.3 Å². The summed E-state index contributed by atoms with van der Waals surface area (Å²) in [5.41, 5.74) is 3.89. The number of nitro benzene ring substituents is 1. The Morgan fingerprint density at radius 2 is 1.81 bits per heavy atom. The number of non-ortho nitro benzene ring substituents is 1. The highest BCUT2D eigenvalue weighted by molar-refractivity contribution is 6.36. The molecular weight excluding hydrogens is 428 g/mol. The van der Waals surface area contributed by atoms with E-state index >= 15 is 0 Å². The zero-order valence-corrected chi connectivity index (χ0v) is 17.1. The first-order valence-electron chi connectivity index (χ1n) is 9.53. The summed E-state index contributed by atoms with van der Waals surface area (Å²) in [5.74, 6) is 0. The Labute approximate surface area is 186 Å². The molecule has 0 fully saturated rings. The van der Waals surface area contributed by atoms with E-state index in [1.807, 2.05) is 12.1 Å². The van der Waals surface area contributed by atoms with E-state index in [-0.39, 0.29) is 5.69 Å². The molecule has 5 rings (SSSR count). The predicted molar refractivity (Wildman–Crippen MR) is 123 cm³/mol. The molecule has 0 unspecified atom stereocenters. The summed E-state index contributed by atoms with van der Waals surface area (Å²) in [6, 6.07) is 17.9. The molecule has 8 nitrogen and oxygen atoms in total. The second kappa shape index (κ2) is 7.65. The zero-order valence-electron chi connectivity index (χ0n) is 16.3. The van der Waals surface area contributed by atoms with Crippen LogP contribution in [0, 0.1) is 21.4 Å². The maximum Gasteiger partial charge on any atom is 0.295 e. The van der Waals surface area contributed by atoms with Crippen LogP contribution < -0.4 is 5.32 Å². The van der Waals surface area contributed by atoms with E-state index in [9.17, 15) is 15.4 Å². The number of hydrogen-bond donors (Lipinski definition) is 2. The van der Waals surface area contributed by atoms with Gasteiger partial charge in [0.1, 0.15) is 5.52 Å². The number of nitriles is 1. The van der Waals surface area contributed by atoms with Gasteiger partial charge in [0.05, 0.1) is 45.2 Å². The zero-order chi connectivity index (χ0) is 22.2. The molecule has 1 aliphatic heterocycles. The lowest BCUT2D eigenvalue weighted by Crippen LogP contribution is -2.07. The van der Waals surface area contributed by atoms with E-state index in [1.54, 1.807) is 42.6 Å². The van der Waals surface area contributed by atoms with Crippen molar-refractivity contribution in [2.45, 2.75) is 0 Å². The van der Waals surface area contributed by atoms with Crippen molar-refractivity contribution in [2.24, 2.45) is 4.99 Å².